The van der Waals surface area contributed by atoms with Gasteiger partial charge in [-0.1, -0.05) is 30.3 Å². The van der Waals surface area contributed by atoms with Gasteiger partial charge in [0.25, 0.3) is 0 Å². The summed E-state index contributed by atoms with van der Waals surface area (Å²) in [6.07, 6.45) is 3.06. The van der Waals surface area contributed by atoms with Crippen LogP contribution in [0.1, 0.15) is 37.8 Å². The molecule has 0 amide bonds. The molecule has 0 spiro atoms. The van der Waals surface area contributed by atoms with Gasteiger partial charge in [-0.3, -0.25) is 9.69 Å². The van der Waals surface area contributed by atoms with Crippen molar-refractivity contribution in [1.82, 2.24) is 14.9 Å². The zero-order valence-electron chi connectivity index (χ0n) is 17.1. The molecule has 0 saturated carbocycles. The van der Waals surface area contributed by atoms with E-state index in [1.165, 1.54) is 18.5 Å². The van der Waals surface area contributed by atoms with Crippen LogP contribution in [-0.2, 0) is 4.79 Å². The number of likely N-dealkylation sites (tertiary alicyclic amines) is 1. The normalized spacial score (nSPS) is 19.5. The van der Waals surface area contributed by atoms with E-state index in [1.54, 1.807) is 12.1 Å². The molecule has 1 aromatic heterocycles. The van der Waals surface area contributed by atoms with Crippen LogP contribution in [0.25, 0.3) is 0 Å². The molecule has 1 aliphatic heterocycles. The van der Waals surface area contributed by atoms with E-state index >= 15 is 0 Å². The van der Waals surface area contributed by atoms with E-state index in [4.69, 9.17) is 16.3 Å². The lowest BCUT2D eigenvalue weighted by atomic mass is 10.0. The maximum Gasteiger partial charge on any atom is 0.218 e. The van der Waals surface area contributed by atoms with Gasteiger partial charge in [-0.2, -0.15) is 0 Å². The number of carbonyl (C=O) groups is 1. The lowest BCUT2D eigenvalue weighted by molar-refractivity contribution is -0.105. The van der Waals surface area contributed by atoms with Crippen molar-refractivity contribution in [3.63, 3.8) is 0 Å². The van der Waals surface area contributed by atoms with Crippen molar-refractivity contribution in [1.29, 1.82) is 0 Å². The molecule has 1 aliphatic rings. The smallest absolute Gasteiger partial charge is 0.218 e. The average Bonchev–Trinajstić information content (AvgIpc) is 3.04. The SMILES string of the molecule is C=C(C=O)CCC(C)Oc1cc(Cl)ncn1.CN1CC(F)CC1c1cccc(F)c1. The molecule has 0 aliphatic carbocycles. The van der Waals surface area contributed by atoms with Crippen molar-refractivity contribution < 1.29 is 18.3 Å². The fourth-order valence-corrected chi connectivity index (χ4v) is 3.27. The summed E-state index contributed by atoms with van der Waals surface area (Å²) in [6, 6.07) is 7.99. The van der Waals surface area contributed by atoms with Crippen LogP contribution in [0.15, 0.2) is 48.8 Å². The molecule has 2 heterocycles. The first-order chi connectivity index (χ1) is 14.3. The topological polar surface area (TPSA) is 55.3 Å². The summed E-state index contributed by atoms with van der Waals surface area (Å²) in [6.45, 7) is 5.94. The number of hydrogen-bond donors (Lipinski definition) is 0. The number of aromatic nitrogens is 2. The molecule has 1 aromatic carbocycles. The first-order valence-corrected chi connectivity index (χ1v) is 10.0. The maximum absolute atomic E-state index is 13.1. The van der Waals surface area contributed by atoms with E-state index in [9.17, 15) is 13.6 Å². The molecule has 162 valence electrons. The quantitative estimate of drug-likeness (QED) is 0.347. The van der Waals surface area contributed by atoms with Crippen LogP contribution in [0, 0.1) is 5.82 Å². The summed E-state index contributed by atoms with van der Waals surface area (Å²) in [5, 5.41) is 0.342. The minimum atomic E-state index is -0.784. The van der Waals surface area contributed by atoms with Gasteiger partial charge in [0, 0.05) is 18.7 Å². The van der Waals surface area contributed by atoms with E-state index in [0.717, 1.165) is 11.8 Å². The molecule has 3 atom stereocenters. The highest BCUT2D eigenvalue weighted by Gasteiger charge is 2.30. The Kier molecular flexibility index (Phi) is 9.33. The first-order valence-electron chi connectivity index (χ1n) is 9.65. The van der Waals surface area contributed by atoms with Gasteiger partial charge in [-0.25, -0.2) is 18.7 Å². The molecule has 3 unspecified atom stereocenters. The van der Waals surface area contributed by atoms with Crippen molar-refractivity contribution in [3.05, 3.63) is 65.3 Å². The number of carbonyl (C=O) groups excluding carboxylic acids is 1. The first kappa shape index (κ1) is 23.9. The molecular formula is C22H26ClF2N3O2. The Morgan fingerprint density at radius 1 is 1.43 bits per heavy atom. The van der Waals surface area contributed by atoms with E-state index < -0.39 is 6.17 Å². The van der Waals surface area contributed by atoms with Gasteiger partial charge in [0.2, 0.25) is 5.88 Å². The van der Waals surface area contributed by atoms with Crippen LogP contribution in [0.5, 0.6) is 5.88 Å². The van der Waals surface area contributed by atoms with Crippen LogP contribution < -0.4 is 4.74 Å². The highest BCUT2D eigenvalue weighted by Crippen LogP contribution is 2.32. The van der Waals surface area contributed by atoms with Crippen LogP contribution >= 0.6 is 11.6 Å². The molecule has 1 fully saturated rings. The second kappa shape index (κ2) is 11.7. The third-order valence-corrected chi connectivity index (χ3v) is 4.91. The second-order valence-electron chi connectivity index (χ2n) is 7.27. The van der Waals surface area contributed by atoms with Crippen LogP contribution in [0.3, 0.4) is 0 Å². The number of halogens is 3. The third kappa shape index (κ3) is 7.80. The van der Waals surface area contributed by atoms with Crippen molar-refractivity contribution in [2.45, 2.75) is 44.5 Å². The van der Waals surface area contributed by atoms with E-state index in [-0.39, 0.29) is 18.0 Å². The number of rotatable bonds is 7. The molecule has 0 radical (unpaired) electrons. The third-order valence-electron chi connectivity index (χ3n) is 4.70. The molecule has 3 rings (SSSR count). The highest BCUT2D eigenvalue weighted by atomic mass is 35.5. The van der Waals surface area contributed by atoms with Crippen LogP contribution in [0.2, 0.25) is 5.15 Å². The van der Waals surface area contributed by atoms with Gasteiger partial charge < -0.3 is 4.74 Å². The fraction of sp³-hybridized carbons (Fsp3) is 0.409. The number of alkyl halides is 1. The summed E-state index contributed by atoms with van der Waals surface area (Å²) < 4.78 is 31.5. The Morgan fingerprint density at radius 3 is 2.80 bits per heavy atom. The predicted molar refractivity (Wildman–Crippen MR) is 113 cm³/mol. The van der Waals surface area contributed by atoms with E-state index in [0.29, 0.717) is 42.4 Å². The Bertz CT molecular complexity index is 853. The lowest BCUT2D eigenvalue weighted by Gasteiger charge is -2.18. The Labute approximate surface area is 180 Å². The average molecular weight is 438 g/mol. The Morgan fingerprint density at radius 2 is 2.20 bits per heavy atom. The zero-order chi connectivity index (χ0) is 22.1. The minimum absolute atomic E-state index is 0.0284. The number of ether oxygens (including phenoxy) is 1. The number of nitrogens with zero attached hydrogens (tertiary/aromatic N) is 3. The molecule has 30 heavy (non-hydrogen) atoms. The van der Waals surface area contributed by atoms with Gasteiger partial charge in [0.1, 0.15) is 29.8 Å². The number of hydrogen-bond acceptors (Lipinski definition) is 5. The van der Waals surface area contributed by atoms with E-state index in [1.807, 2.05) is 24.9 Å². The second-order valence-corrected chi connectivity index (χ2v) is 7.65. The zero-order valence-corrected chi connectivity index (χ0v) is 17.9. The Hall–Kier alpha value is -2.38. The number of aldehydes is 1. The van der Waals surface area contributed by atoms with Crippen LogP contribution in [0.4, 0.5) is 8.78 Å². The van der Waals surface area contributed by atoms with E-state index in [2.05, 4.69) is 16.5 Å². The van der Waals surface area contributed by atoms with Gasteiger partial charge in [-0.15, -0.1) is 0 Å². The summed E-state index contributed by atoms with van der Waals surface area (Å²) in [5.41, 5.74) is 1.43. The summed E-state index contributed by atoms with van der Waals surface area (Å²) in [5.74, 6) is 0.183. The van der Waals surface area contributed by atoms with Gasteiger partial charge in [0.05, 0.1) is 6.10 Å². The molecular weight excluding hydrogens is 412 g/mol. The largest absolute Gasteiger partial charge is 0.475 e. The van der Waals surface area contributed by atoms with Gasteiger partial charge in [0.15, 0.2) is 0 Å². The van der Waals surface area contributed by atoms with Gasteiger partial charge in [-0.05, 0) is 56.5 Å². The van der Waals surface area contributed by atoms with Crippen molar-refractivity contribution in [2.75, 3.05) is 13.6 Å². The Balaban J connectivity index is 0.000000215. The molecule has 8 heteroatoms. The fourth-order valence-electron chi connectivity index (χ4n) is 3.14. The van der Waals surface area contributed by atoms with Crippen molar-refractivity contribution >= 4 is 17.9 Å². The maximum atomic E-state index is 13.1. The summed E-state index contributed by atoms with van der Waals surface area (Å²) in [4.78, 5) is 19.9. The summed E-state index contributed by atoms with van der Waals surface area (Å²) in [7, 11) is 1.87. The monoisotopic (exact) mass is 437 g/mol. The molecule has 5 nitrogen and oxygen atoms in total. The summed E-state index contributed by atoms with van der Waals surface area (Å²) >= 11 is 5.69. The molecule has 1 saturated heterocycles. The number of allylic oxidation sites excluding steroid dienone is 1. The minimum Gasteiger partial charge on any atom is -0.475 e. The van der Waals surface area contributed by atoms with Gasteiger partial charge >= 0.3 is 0 Å². The predicted octanol–water partition coefficient (Wildman–Crippen LogP) is 4.97. The van der Waals surface area contributed by atoms with Crippen molar-refractivity contribution in [2.24, 2.45) is 0 Å². The highest BCUT2D eigenvalue weighted by molar-refractivity contribution is 6.29. The standard InChI is InChI=1S/C11H13ClN2O2.C11H13F2N/c1-8(6-15)3-4-9(2)16-11-5-10(12)13-7-14-11;1-14-7-10(13)6-11(14)8-3-2-4-9(12)5-8/h5-7,9H,1,3-4H2,2H3;2-5,10-11H,6-7H2,1H3. The molecule has 0 N–H and O–H groups in total. The van der Waals surface area contributed by atoms with Crippen LogP contribution in [-0.4, -0.2) is 47.0 Å². The number of benzene rings is 1. The molecule has 0 bridgehead atoms. The molecule has 2 aromatic rings. The van der Waals surface area contributed by atoms with Crippen molar-refractivity contribution in [3.8, 4) is 5.88 Å². The lowest BCUT2D eigenvalue weighted by Crippen LogP contribution is -2.18.